The molecule has 130 valence electrons. The van der Waals surface area contributed by atoms with Crippen molar-refractivity contribution < 1.29 is 9.53 Å². The van der Waals surface area contributed by atoms with Gasteiger partial charge in [-0.3, -0.25) is 4.79 Å². The molecule has 6 nitrogen and oxygen atoms in total. The molecule has 0 aliphatic carbocycles. The molecule has 24 heavy (non-hydrogen) atoms. The molecule has 0 radical (unpaired) electrons. The third kappa shape index (κ3) is 6.10. The minimum Gasteiger partial charge on any atom is -0.383 e. The van der Waals surface area contributed by atoms with Crippen LogP contribution in [-0.2, 0) is 16.1 Å². The summed E-state index contributed by atoms with van der Waals surface area (Å²) in [5.74, 6) is 0.415. The van der Waals surface area contributed by atoms with Gasteiger partial charge in [0, 0.05) is 26.7 Å². The molecule has 1 aromatic carbocycles. The molecule has 1 N–H and O–H groups in total. The Balaban J connectivity index is 1.91. The number of ether oxygens (including phenoxy) is 1. The molecule has 0 unspecified atom stereocenters. The lowest BCUT2D eigenvalue weighted by Gasteiger charge is -2.22. The zero-order valence-corrected chi connectivity index (χ0v) is 15.5. The molecule has 0 spiro atoms. The van der Waals surface area contributed by atoms with Gasteiger partial charge in [0.1, 0.15) is 0 Å². The normalized spacial score (nSPS) is 10.6. The molecule has 2 aromatic rings. The lowest BCUT2D eigenvalue weighted by molar-refractivity contribution is -0.129. The smallest absolute Gasteiger partial charge is 0.233 e. The fourth-order valence-electron chi connectivity index (χ4n) is 2.00. The Labute approximate surface area is 150 Å². The molecular weight excluding hydrogens is 344 g/mol. The second-order valence-electron chi connectivity index (χ2n) is 4.99. The second-order valence-corrected chi connectivity index (χ2v) is 7.19. The van der Waals surface area contributed by atoms with Crippen molar-refractivity contribution in [3.05, 3.63) is 35.9 Å². The van der Waals surface area contributed by atoms with Gasteiger partial charge >= 0.3 is 0 Å². The predicted octanol–water partition coefficient (Wildman–Crippen LogP) is 2.74. The fourth-order valence-corrected chi connectivity index (χ4v) is 3.73. The van der Waals surface area contributed by atoms with Gasteiger partial charge in [-0.1, -0.05) is 53.4 Å². The monoisotopic (exact) mass is 366 g/mol. The summed E-state index contributed by atoms with van der Waals surface area (Å²) in [6.07, 6.45) is 0. The maximum absolute atomic E-state index is 12.5. The summed E-state index contributed by atoms with van der Waals surface area (Å²) in [7, 11) is 1.64. The number of benzene rings is 1. The average molecular weight is 367 g/mol. The van der Waals surface area contributed by atoms with Crippen molar-refractivity contribution in [1.29, 1.82) is 0 Å². The first-order valence-electron chi connectivity index (χ1n) is 7.73. The van der Waals surface area contributed by atoms with Crippen LogP contribution in [0, 0.1) is 0 Å². The van der Waals surface area contributed by atoms with Crippen LogP contribution in [0.4, 0.5) is 5.13 Å². The molecule has 0 fully saturated rings. The van der Waals surface area contributed by atoms with Gasteiger partial charge in [-0.2, -0.15) is 0 Å². The molecule has 0 aliphatic rings. The third-order valence-electron chi connectivity index (χ3n) is 3.19. The van der Waals surface area contributed by atoms with E-state index in [1.54, 1.807) is 7.11 Å². The number of carbonyl (C=O) groups excluding carboxylic acids is 1. The molecule has 2 rings (SSSR count). The highest BCUT2D eigenvalue weighted by Gasteiger charge is 2.15. The second kappa shape index (κ2) is 10.3. The van der Waals surface area contributed by atoms with Crippen LogP contribution in [0.3, 0.4) is 0 Å². The van der Waals surface area contributed by atoms with Crippen molar-refractivity contribution >= 4 is 34.1 Å². The van der Waals surface area contributed by atoms with Gasteiger partial charge in [0.2, 0.25) is 11.0 Å². The molecule has 0 saturated heterocycles. The number of hydrogen-bond acceptors (Lipinski definition) is 7. The summed E-state index contributed by atoms with van der Waals surface area (Å²) < 4.78 is 5.92. The lowest BCUT2D eigenvalue weighted by Crippen LogP contribution is -2.34. The first kappa shape index (κ1) is 18.7. The van der Waals surface area contributed by atoms with Gasteiger partial charge in [-0.15, -0.1) is 10.2 Å². The van der Waals surface area contributed by atoms with Crippen molar-refractivity contribution in [3.8, 4) is 0 Å². The zero-order chi connectivity index (χ0) is 17.2. The number of anilines is 1. The standard InChI is InChI=1S/C16H22N4O2S2/c1-3-17-15-18-19-16(24-15)23-12-14(21)20(9-10-22-2)11-13-7-5-4-6-8-13/h4-8H,3,9-12H2,1-2H3,(H,17,18). The van der Waals surface area contributed by atoms with Gasteiger partial charge in [0.25, 0.3) is 0 Å². The van der Waals surface area contributed by atoms with Crippen LogP contribution < -0.4 is 5.32 Å². The maximum Gasteiger partial charge on any atom is 0.233 e. The summed E-state index contributed by atoms with van der Waals surface area (Å²) in [6, 6.07) is 9.97. The number of thioether (sulfide) groups is 1. The fraction of sp³-hybridized carbons (Fsp3) is 0.438. The lowest BCUT2D eigenvalue weighted by atomic mass is 10.2. The Morgan fingerprint density at radius 3 is 2.83 bits per heavy atom. The van der Waals surface area contributed by atoms with E-state index in [1.165, 1.54) is 23.1 Å². The molecule has 1 amide bonds. The van der Waals surface area contributed by atoms with Crippen LogP contribution in [0.25, 0.3) is 0 Å². The van der Waals surface area contributed by atoms with Gasteiger partial charge < -0.3 is 15.0 Å². The Morgan fingerprint density at radius 2 is 2.12 bits per heavy atom. The minimum absolute atomic E-state index is 0.0705. The summed E-state index contributed by atoms with van der Waals surface area (Å²) in [5, 5.41) is 12.0. The van der Waals surface area contributed by atoms with E-state index in [-0.39, 0.29) is 5.91 Å². The molecular formula is C16H22N4O2S2. The van der Waals surface area contributed by atoms with Crippen molar-refractivity contribution in [2.24, 2.45) is 0 Å². The highest BCUT2D eigenvalue weighted by Crippen LogP contribution is 2.25. The van der Waals surface area contributed by atoms with Gasteiger partial charge in [-0.05, 0) is 12.5 Å². The van der Waals surface area contributed by atoms with Crippen LogP contribution in [0.5, 0.6) is 0 Å². The predicted molar refractivity (Wildman–Crippen MR) is 98.5 cm³/mol. The van der Waals surface area contributed by atoms with E-state index >= 15 is 0 Å². The van der Waals surface area contributed by atoms with Gasteiger partial charge in [0.05, 0.1) is 12.4 Å². The largest absolute Gasteiger partial charge is 0.383 e. The van der Waals surface area contributed by atoms with Crippen molar-refractivity contribution in [1.82, 2.24) is 15.1 Å². The van der Waals surface area contributed by atoms with Crippen LogP contribution in [0.15, 0.2) is 34.7 Å². The van der Waals surface area contributed by atoms with Crippen LogP contribution >= 0.6 is 23.1 Å². The van der Waals surface area contributed by atoms with Crippen molar-refractivity contribution in [2.45, 2.75) is 17.8 Å². The SMILES string of the molecule is CCNc1nnc(SCC(=O)N(CCOC)Cc2ccccc2)s1. The Morgan fingerprint density at radius 1 is 1.33 bits per heavy atom. The molecule has 0 saturated carbocycles. The maximum atomic E-state index is 12.5. The van der Waals surface area contributed by atoms with E-state index in [4.69, 9.17) is 4.74 Å². The summed E-state index contributed by atoms with van der Waals surface area (Å²) in [5.41, 5.74) is 1.11. The average Bonchev–Trinajstić information content (AvgIpc) is 3.05. The zero-order valence-electron chi connectivity index (χ0n) is 13.9. The minimum atomic E-state index is 0.0705. The summed E-state index contributed by atoms with van der Waals surface area (Å²) in [4.78, 5) is 14.4. The van der Waals surface area contributed by atoms with E-state index in [1.807, 2.05) is 42.2 Å². The molecule has 8 heteroatoms. The third-order valence-corrected chi connectivity index (χ3v) is 5.19. The molecule has 0 aliphatic heterocycles. The van der Waals surface area contributed by atoms with Gasteiger partial charge in [0.15, 0.2) is 4.34 Å². The van der Waals surface area contributed by atoms with Crippen LogP contribution in [-0.4, -0.2) is 53.6 Å². The van der Waals surface area contributed by atoms with Crippen molar-refractivity contribution in [2.75, 3.05) is 37.9 Å². The number of rotatable bonds is 10. The number of aromatic nitrogens is 2. The first-order chi connectivity index (χ1) is 11.7. The van der Waals surface area contributed by atoms with E-state index in [2.05, 4.69) is 15.5 Å². The summed E-state index contributed by atoms with van der Waals surface area (Å²) >= 11 is 2.89. The number of methoxy groups -OCH3 is 1. The quantitative estimate of drug-likeness (QED) is 0.652. The van der Waals surface area contributed by atoms with E-state index in [0.717, 1.165) is 21.6 Å². The first-order valence-corrected chi connectivity index (χ1v) is 9.54. The number of amides is 1. The number of hydrogen-bond donors (Lipinski definition) is 1. The molecule has 0 bridgehead atoms. The van der Waals surface area contributed by atoms with Crippen LogP contribution in [0.1, 0.15) is 12.5 Å². The number of carbonyl (C=O) groups is 1. The molecule has 0 atom stereocenters. The highest BCUT2D eigenvalue weighted by molar-refractivity contribution is 8.01. The molecule has 1 heterocycles. The van der Waals surface area contributed by atoms with E-state index in [9.17, 15) is 4.79 Å². The Kier molecular flexibility index (Phi) is 8.00. The van der Waals surface area contributed by atoms with E-state index in [0.29, 0.717) is 25.4 Å². The highest BCUT2D eigenvalue weighted by atomic mass is 32.2. The number of nitrogens with one attached hydrogen (secondary N) is 1. The molecule has 1 aromatic heterocycles. The Bertz CT molecular complexity index is 622. The number of nitrogens with zero attached hydrogens (tertiary/aromatic N) is 3. The van der Waals surface area contributed by atoms with Gasteiger partial charge in [-0.25, -0.2) is 0 Å². The summed E-state index contributed by atoms with van der Waals surface area (Å²) in [6.45, 7) is 4.49. The van der Waals surface area contributed by atoms with Crippen LogP contribution in [0.2, 0.25) is 0 Å². The Hall–Kier alpha value is -1.64. The topological polar surface area (TPSA) is 67.4 Å². The van der Waals surface area contributed by atoms with Crippen molar-refractivity contribution in [3.63, 3.8) is 0 Å². The van der Waals surface area contributed by atoms with E-state index < -0.39 is 0 Å².